The van der Waals surface area contributed by atoms with Crippen LogP contribution in [-0.2, 0) is 25.7 Å². The standard InChI is InChI=1S/C21H19F3N4OS/c22-21(23,24)17-7-3-4-8-18(17)26-19(29)27-20-25-16(13-30-20)12-28-10-9-14-5-1-2-6-15(14)11-28/h1-8,13H,9-12H2,(H2,25,26,27,29). The molecule has 4 rings (SSSR count). The van der Waals surface area contributed by atoms with E-state index in [0.29, 0.717) is 11.7 Å². The number of thiazole rings is 1. The molecule has 5 nitrogen and oxygen atoms in total. The number of hydrogen-bond acceptors (Lipinski definition) is 4. The molecular weight excluding hydrogens is 413 g/mol. The first kappa shape index (κ1) is 20.4. The summed E-state index contributed by atoms with van der Waals surface area (Å²) in [6.07, 6.45) is -3.57. The van der Waals surface area contributed by atoms with Gasteiger partial charge in [0.2, 0.25) is 0 Å². The Labute approximate surface area is 175 Å². The molecule has 1 aliphatic rings. The van der Waals surface area contributed by atoms with E-state index in [9.17, 15) is 18.0 Å². The highest BCUT2D eigenvalue weighted by Gasteiger charge is 2.33. The normalized spacial score (nSPS) is 14.2. The molecule has 0 radical (unpaired) electrons. The van der Waals surface area contributed by atoms with Crippen molar-refractivity contribution in [1.29, 1.82) is 0 Å². The number of aromatic nitrogens is 1. The summed E-state index contributed by atoms with van der Waals surface area (Å²) >= 11 is 1.24. The van der Waals surface area contributed by atoms with Gasteiger partial charge in [-0.15, -0.1) is 11.3 Å². The molecule has 9 heteroatoms. The van der Waals surface area contributed by atoms with Crippen molar-refractivity contribution in [2.75, 3.05) is 17.2 Å². The number of halogens is 3. The Bertz CT molecular complexity index is 1050. The summed E-state index contributed by atoms with van der Waals surface area (Å²) in [6, 6.07) is 12.4. The van der Waals surface area contributed by atoms with E-state index in [-0.39, 0.29) is 5.69 Å². The Morgan fingerprint density at radius 1 is 1.07 bits per heavy atom. The number of hydrogen-bond donors (Lipinski definition) is 2. The third-order valence-electron chi connectivity index (χ3n) is 4.85. The summed E-state index contributed by atoms with van der Waals surface area (Å²) in [6.45, 7) is 2.40. The molecule has 2 amide bonds. The van der Waals surface area contributed by atoms with Gasteiger partial charge in [-0.2, -0.15) is 13.2 Å². The molecule has 0 bridgehead atoms. The van der Waals surface area contributed by atoms with Crippen molar-refractivity contribution in [2.24, 2.45) is 0 Å². The van der Waals surface area contributed by atoms with Crippen molar-refractivity contribution in [3.8, 4) is 0 Å². The first-order valence-electron chi connectivity index (χ1n) is 9.36. The maximum atomic E-state index is 13.1. The van der Waals surface area contributed by atoms with Crippen LogP contribution in [0.25, 0.3) is 0 Å². The SMILES string of the molecule is O=C(Nc1nc(CN2CCc3ccccc3C2)cs1)Nc1ccccc1C(F)(F)F. The number of fused-ring (bicyclic) bond motifs is 1. The van der Waals surface area contributed by atoms with Gasteiger partial charge in [-0.05, 0) is 29.7 Å². The van der Waals surface area contributed by atoms with Gasteiger partial charge >= 0.3 is 12.2 Å². The van der Waals surface area contributed by atoms with Gasteiger partial charge in [-0.25, -0.2) is 9.78 Å². The third-order valence-corrected chi connectivity index (χ3v) is 5.65. The molecule has 0 saturated carbocycles. The largest absolute Gasteiger partial charge is 0.418 e. The number of anilines is 2. The van der Waals surface area contributed by atoms with Crippen molar-refractivity contribution in [3.05, 3.63) is 76.3 Å². The summed E-state index contributed by atoms with van der Waals surface area (Å²) in [5.74, 6) is 0. The van der Waals surface area contributed by atoms with E-state index >= 15 is 0 Å². The second-order valence-corrected chi connectivity index (χ2v) is 7.85. The lowest BCUT2D eigenvalue weighted by Crippen LogP contribution is -2.30. The van der Waals surface area contributed by atoms with Crippen LogP contribution >= 0.6 is 11.3 Å². The van der Waals surface area contributed by atoms with Gasteiger partial charge in [0.1, 0.15) is 0 Å². The number of nitrogens with one attached hydrogen (secondary N) is 2. The number of rotatable bonds is 4. The molecule has 0 spiro atoms. The minimum absolute atomic E-state index is 0.300. The van der Waals surface area contributed by atoms with E-state index in [1.807, 2.05) is 17.5 Å². The third kappa shape index (κ3) is 4.80. The second-order valence-electron chi connectivity index (χ2n) is 7.00. The van der Waals surface area contributed by atoms with Crippen LogP contribution in [0.1, 0.15) is 22.4 Å². The fourth-order valence-corrected chi connectivity index (χ4v) is 4.14. The zero-order valence-electron chi connectivity index (χ0n) is 15.9. The molecule has 0 atom stereocenters. The monoisotopic (exact) mass is 432 g/mol. The van der Waals surface area contributed by atoms with Crippen LogP contribution in [0.5, 0.6) is 0 Å². The lowest BCUT2D eigenvalue weighted by Gasteiger charge is -2.27. The van der Waals surface area contributed by atoms with Crippen molar-refractivity contribution in [1.82, 2.24) is 9.88 Å². The first-order chi connectivity index (χ1) is 14.4. The van der Waals surface area contributed by atoms with Crippen LogP contribution in [0.4, 0.5) is 28.8 Å². The number of carbonyl (C=O) groups is 1. The highest BCUT2D eigenvalue weighted by Crippen LogP contribution is 2.34. The minimum Gasteiger partial charge on any atom is -0.307 e. The maximum Gasteiger partial charge on any atom is 0.418 e. The van der Waals surface area contributed by atoms with E-state index in [1.54, 1.807) is 0 Å². The highest BCUT2D eigenvalue weighted by molar-refractivity contribution is 7.13. The van der Waals surface area contributed by atoms with Gasteiger partial charge in [-0.1, -0.05) is 36.4 Å². The Kier molecular flexibility index (Phi) is 5.74. The Hall–Kier alpha value is -2.91. The number of carbonyl (C=O) groups excluding carboxylic acids is 1. The molecule has 2 N–H and O–H groups in total. The van der Waals surface area contributed by atoms with E-state index < -0.39 is 17.8 Å². The fraction of sp³-hybridized carbons (Fsp3) is 0.238. The molecule has 30 heavy (non-hydrogen) atoms. The average Bonchev–Trinajstić information content (AvgIpc) is 3.14. The number of para-hydroxylation sites is 1. The number of amides is 2. The quantitative estimate of drug-likeness (QED) is 0.583. The highest BCUT2D eigenvalue weighted by atomic mass is 32.1. The van der Waals surface area contributed by atoms with Crippen LogP contribution in [0, 0.1) is 0 Å². The molecule has 0 aliphatic carbocycles. The van der Waals surface area contributed by atoms with Crippen molar-refractivity contribution >= 4 is 28.2 Å². The van der Waals surface area contributed by atoms with E-state index in [1.165, 1.54) is 40.7 Å². The molecule has 156 valence electrons. The number of alkyl halides is 3. The molecule has 3 aromatic rings. The van der Waals surface area contributed by atoms with Gasteiger partial charge in [0, 0.05) is 25.0 Å². The van der Waals surface area contributed by atoms with Gasteiger partial charge in [0.15, 0.2) is 5.13 Å². The number of urea groups is 1. The van der Waals surface area contributed by atoms with Gasteiger partial charge in [0.25, 0.3) is 0 Å². The minimum atomic E-state index is -4.55. The molecule has 0 fully saturated rings. The number of nitrogens with zero attached hydrogens (tertiary/aromatic N) is 2. The zero-order valence-corrected chi connectivity index (χ0v) is 16.7. The van der Waals surface area contributed by atoms with Crippen molar-refractivity contribution < 1.29 is 18.0 Å². The molecule has 0 unspecified atom stereocenters. The van der Waals surface area contributed by atoms with Gasteiger partial charge in [-0.3, -0.25) is 10.2 Å². The summed E-state index contributed by atoms with van der Waals surface area (Å²) in [4.78, 5) is 18.8. The predicted molar refractivity (Wildman–Crippen MR) is 110 cm³/mol. The van der Waals surface area contributed by atoms with Crippen LogP contribution in [0.3, 0.4) is 0 Å². The molecular formula is C21H19F3N4OS. The molecule has 2 aromatic carbocycles. The van der Waals surface area contributed by atoms with Crippen molar-refractivity contribution in [2.45, 2.75) is 25.7 Å². The summed E-state index contributed by atoms with van der Waals surface area (Å²) in [7, 11) is 0. The topological polar surface area (TPSA) is 57.3 Å². The molecule has 0 saturated heterocycles. The molecule has 1 aromatic heterocycles. The summed E-state index contributed by atoms with van der Waals surface area (Å²) < 4.78 is 39.2. The molecule has 1 aliphatic heterocycles. The predicted octanol–water partition coefficient (Wildman–Crippen LogP) is 5.36. The smallest absolute Gasteiger partial charge is 0.307 e. The van der Waals surface area contributed by atoms with Crippen molar-refractivity contribution in [3.63, 3.8) is 0 Å². The second kappa shape index (κ2) is 8.45. The lowest BCUT2D eigenvalue weighted by molar-refractivity contribution is -0.136. The van der Waals surface area contributed by atoms with E-state index in [2.05, 4.69) is 32.7 Å². The van der Waals surface area contributed by atoms with E-state index in [4.69, 9.17) is 0 Å². The Morgan fingerprint density at radius 3 is 2.60 bits per heavy atom. The maximum absolute atomic E-state index is 13.1. The van der Waals surface area contributed by atoms with Gasteiger partial charge < -0.3 is 5.32 Å². The van der Waals surface area contributed by atoms with Crippen LogP contribution in [0.2, 0.25) is 0 Å². The van der Waals surface area contributed by atoms with Crippen LogP contribution in [0.15, 0.2) is 53.9 Å². The van der Waals surface area contributed by atoms with Crippen LogP contribution < -0.4 is 10.6 Å². The lowest BCUT2D eigenvalue weighted by atomic mass is 10.00. The average molecular weight is 432 g/mol. The fourth-order valence-electron chi connectivity index (χ4n) is 3.45. The zero-order chi connectivity index (χ0) is 21.1. The Balaban J connectivity index is 1.36. The Morgan fingerprint density at radius 2 is 1.80 bits per heavy atom. The van der Waals surface area contributed by atoms with Crippen LogP contribution in [-0.4, -0.2) is 22.5 Å². The first-order valence-corrected chi connectivity index (χ1v) is 10.2. The number of benzene rings is 2. The summed E-state index contributed by atoms with van der Waals surface area (Å²) in [5.41, 5.74) is 2.28. The molecule has 2 heterocycles. The van der Waals surface area contributed by atoms with Gasteiger partial charge in [0.05, 0.1) is 16.9 Å². The summed E-state index contributed by atoms with van der Waals surface area (Å²) in [5, 5.41) is 6.95. The van der Waals surface area contributed by atoms with E-state index in [0.717, 1.165) is 31.3 Å².